The second-order valence-electron chi connectivity index (χ2n) is 5.82. The van der Waals surface area contributed by atoms with E-state index in [1.807, 2.05) is 49.4 Å². The highest BCUT2D eigenvalue weighted by Gasteiger charge is 2.16. The zero-order valence-electron chi connectivity index (χ0n) is 13.0. The highest BCUT2D eigenvalue weighted by atomic mass is 16.1. The number of fused-ring (bicyclic) bond motifs is 1. The van der Waals surface area contributed by atoms with E-state index in [0.29, 0.717) is 11.6 Å². The number of nitrogens with zero attached hydrogens (tertiary/aromatic N) is 1. The number of H-pyrrole nitrogens is 1. The molecule has 1 amide bonds. The Labute approximate surface area is 129 Å². The topological polar surface area (TPSA) is 57.8 Å². The number of aromatic amines is 1. The summed E-state index contributed by atoms with van der Waals surface area (Å²) in [5, 5.41) is 10.9. The fraction of sp³-hybridized carbons (Fsp3) is 0.222. The fourth-order valence-corrected chi connectivity index (χ4v) is 2.60. The van der Waals surface area contributed by atoms with Crippen molar-refractivity contribution in [3.63, 3.8) is 0 Å². The molecule has 0 radical (unpaired) electrons. The van der Waals surface area contributed by atoms with Gasteiger partial charge < -0.3 is 5.32 Å². The Hall–Kier alpha value is -2.62. The van der Waals surface area contributed by atoms with E-state index in [-0.39, 0.29) is 5.91 Å². The summed E-state index contributed by atoms with van der Waals surface area (Å²) in [4.78, 5) is 12.6. The molecule has 0 fully saturated rings. The molecule has 0 spiro atoms. The molecule has 0 bridgehead atoms. The van der Waals surface area contributed by atoms with Crippen molar-refractivity contribution in [1.29, 1.82) is 0 Å². The molecule has 0 atom stereocenters. The lowest BCUT2D eigenvalue weighted by Gasteiger charge is -2.13. The van der Waals surface area contributed by atoms with Gasteiger partial charge in [0, 0.05) is 11.1 Å². The van der Waals surface area contributed by atoms with Crippen molar-refractivity contribution in [1.82, 2.24) is 10.2 Å². The predicted octanol–water partition coefficient (Wildman–Crippen LogP) is 4.25. The van der Waals surface area contributed by atoms with Crippen LogP contribution in [0.1, 0.15) is 41.4 Å². The quantitative estimate of drug-likeness (QED) is 0.758. The van der Waals surface area contributed by atoms with Crippen LogP contribution < -0.4 is 5.32 Å². The molecule has 4 nitrogen and oxygen atoms in total. The molecule has 3 aromatic rings. The molecule has 22 heavy (non-hydrogen) atoms. The number of hydrogen-bond donors (Lipinski definition) is 2. The molecule has 0 unspecified atom stereocenters. The lowest BCUT2D eigenvalue weighted by Crippen LogP contribution is -2.14. The van der Waals surface area contributed by atoms with Gasteiger partial charge >= 0.3 is 0 Å². The van der Waals surface area contributed by atoms with E-state index >= 15 is 0 Å². The zero-order chi connectivity index (χ0) is 15.7. The maximum absolute atomic E-state index is 12.6. The lowest BCUT2D eigenvalue weighted by molar-refractivity contribution is 0.102. The van der Waals surface area contributed by atoms with Gasteiger partial charge in [0.05, 0.1) is 5.52 Å². The molecular formula is C18H19N3O. The Morgan fingerprint density at radius 3 is 2.73 bits per heavy atom. The molecule has 0 saturated carbocycles. The number of carbonyl (C=O) groups is 1. The molecule has 4 heteroatoms. The van der Waals surface area contributed by atoms with Crippen LogP contribution in [-0.2, 0) is 0 Å². The Kier molecular flexibility index (Phi) is 3.67. The standard InChI is InChI=1S/C18H19N3O/c1-11(2)13-6-4-5-7-15(13)19-18(22)17-14-10-12(3)8-9-16(14)20-21-17/h4-11H,1-3H3,(H,19,22)(H,20,21). The summed E-state index contributed by atoms with van der Waals surface area (Å²) < 4.78 is 0. The lowest BCUT2D eigenvalue weighted by atomic mass is 10.0. The summed E-state index contributed by atoms with van der Waals surface area (Å²) in [5.41, 5.74) is 4.36. The number of amides is 1. The first-order valence-corrected chi connectivity index (χ1v) is 7.41. The van der Waals surface area contributed by atoms with Crippen molar-refractivity contribution in [2.24, 2.45) is 0 Å². The van der Waals surface area contributed by atoms with Crippen LogP contribution in [0.25, 0.3) is 10.9 Å². The molecule has 1 aromatic heterocycles. The number of aromatic nitrogens is 2. The maximum Gasteiger partial charge on any atom is 0.276 e. The summed E-state index contributed by atoms with van der Waals surface area (Å²) in [6.45, 7) is 6.22. The van der Waals surface area contributed by atoms with Crippen LogP contribution >= 0.6 is 0 Å². The van der Waals surface area contributed by atoms with Crippen LogP contribution in [0.2, 0.25) is 0 Å². The van der Waals surface area contributed by atoms with E-state index in [2.05, 4.69) is 29.4 Å². The van der Waals surface area contributed by atoms with E-state index in [0.717, 1.165) is 27.7 Å². The monoisotopic (exact) mass is 293 g/mol. The molecule has 0 aliphatic carbocycles. The zero-order valence-corrected chi connectivity index (χ0v) is 13.0. The normalized spacial score (nSPS) is 11.1. The summed E-state index contributed by atoms with van der Waals surface area (Å²) in [7, 11) is 0. The minimum Gasteiger partial charge on any atom is -0.320 e. The van der Waals surface area contributed by atoms with Gasteiger partial charge in [-0.15, -0.1) is 0 Å². The van der Waals surface area contributed by atoms with Crippen molar-refractivity contribution < 1.29 is 4.79 Å². The van der Waals surface area contributed by atoms with Gasteiger partial charge in [0.2, 0.25) is 0 Å². The van der Waals surface area contributed by atoms with Gasteiger partial charge in [-0.25, -0.2) is 0 Å². The van der Waals surface area contributed by atoms with Crippen LogP contribution in [0.5, 0.6) is 0 Å². The van der Waals surface area contributed by atoms with Gasteiger partial charge in [-0.2, -0.15) is 5.10 Å². The molecule has 3 rings (SSSR count). The smallest absolute Gasteiger partial charge is 0.276 e. The van der Waals surface area contributed by atoms with Crippen LogP contribution in [0.4, 0.5) is 5.69 Å². The highest BCUT2D eigenvalue weighted by molar-refractivity contribution is 6.11. The molecule has 2 N–H and O–H groups in total. The largest absolute Gasteiger partial charge is 0.320 e. The van der Waals surface area contributed by atoms with Crippen LogP contribution in [0, 0.1) is 6.92 Å². The highest BCUT2D eigenvalue weighted by Crippen LogP contribution is 2.25. The Bertz CT molecular complexity index is 833. The maximum atomic E-state index is 12.6. The third kappa shape index (κ3) is 2.60. The van der Waals surface area contributed by atoms with Crippen LogP contribution in [-0.4, -0.2) is 16.1 Å². The number of nitrogens with one attached hydrogen (secondary N) is 2. The van der Waals surface area contributed by atoms with Crippen molar-refractivity contribution in [2.45, 2.75) is 26.7 Å². The molecule has 2 aromatic carbocycles. The van der Waals surface area contributed by atoms with E-state index in [1.165, 1.54) is 0 Å². The number of para-hydroxylation sites is 1. The summed E-state index contributed by atoms with van der Waals surface area (Å²) >= 11 is 0. The van der Waals surface area contributed by atoms with Crippen molar-refractivity contribution in [2.75, 3.05) is 5.32 Å². The van der Waals surface area contributed by atoms with Crippen LogP contribution in [0.15, 0.2) is 42.5 Å². The minimum atomic E-state index is -0.190. The van der Waals surface area contributed by atoms with E-state index < -0.39 is 0 Å². The number of carbonyl (C=O) groups excluding carboxylic acids is 1. The number of benzene rings is 2. The van der Waals surface area contributed by atoms with E-state index in [9.17, 15) is 4.79 Å². The van der Waals surface area contributed by atoms with Crippen molar-refractivity contribution in [3.8, 4) is 0 Å². The summed E-state index contributed by atoms with van der Waals surface area (Å²) in [5.74, 6) is 0.152. The molecule has 1 heterocycles. The second kappa shape index (κ2) is 5.64. The molecule has 112 valence electrons. The second-order valence-corrected chi connectivity index (χ2v) is 5.82. The first-order valence-electron chi connectivity index (χ1n) is 7.41. The Morgan fingerprint density at radius 2 is 1.95 bits per heavy atom. The average molecular weight is 293 g/mol. The predicted molar refractivity (Wildman–Crippen MR) is 89.3 cm³/mol. The first kappa shape index (κ1) is 14.3. The first-order chi connectivity index (χ1) is 10.6. The fourth-order valence-electron chi connectivity index (χ4n) is 2.60. The van der Waals surface area contributed by atoms with Crippen molar-refractivity contribution >= 4 is 22.5 Å². The van der Waals surface area contributed by atoms with Gasteiger partial charge in [0.15, 0.2) is 5.69 Å². The third-order valence-corrected chi connectivity index (χ3v) is 3.76. The molecule has 0 aliphatic rings. The van der Waals surface area contributed by atoms with Gasteiger partial charge in [-0.3, -0.25) is 9.89 Å². The Balaban J connectivity index is 1.96. The molecule has 0 aliphatic heterocycles. The summed E-state index contributed by atoms with van der Waals surface area (Å²) in [6.07, 6.45) is 0. The Morgan fingerprint density at radius 1 is 1.18 bits per heavy atom. The van der Waals surface area contributed by atoms with E-state index in [1.54, 1.807) is 0 Å². The number of hydrogen-bond acceptors (Lipinski definition) is 2. The van der Waals surface area contributed by atoms with Gasteiger partial charge in [0.25, 0.3) is 5.91 Å². The summed E-state index contributed by atoms with van der Waals surface area (Å²) in [6, 6.07) is 13.8. The minimum absolute atomic E-state index is 0.190. The number of rotatable bonds is 3. The molecule has 0 saturated heterocycles. The van der Waals surface area contributed by atoms with Gasteiger partial charge in [0.1, 0.15) is 0 Å². The van der Waals surface area contributed by atoms with Crippen molar-refractivity contribution in [3.05, 3.63) is 59.3 Å². The van der Waals surface area contributed by atoms with Gasteiger partial charge in [-0.05, 0) is 36.6 Å². The van der Waals surface area contributed by atoms with Gasteiger partial charge in [-0.1, -0.05) is 43.7 Å². The number of anilines is 1. The average Bonchev–Trinajstić information content (AvgIpc) is 2.90. The van der Waals surface area contributed by atoms with E-state index in [4.69, 9.17) is 0 Å². The third-order valence-electron chi connectivity index (χ3n) is 3.76. The SMILES string of the molecule is Cc1ccc2[nH]nc(C(=O)Nc3ccccc3C(C)C)c2c1. The number of aryl methyl sites for hydroxylation is 1. The van der Waals surface area contributed by atoms with Crippen LogP contribution in [0.3, 0.4) is 0 Å². The molecular weight excluding hydrogens is 274 g/mol.